The Morgan fingerprint density at radius 2 is 2.04 bits per heavy atom. The second kappa shape index (κ2) is 6.59. The molecule has 0 aromatic heterocycles. The molecule has 0 bridgehead atoms. The van der Waals surface area contributed by atoms with E-state index >= 15 is 0 Å². The lowest BCUT2D eigenvalue weighted by atomic mass is 9.46. The van der Waals surface area contributed by atoms with Crippen LogP contribution < -0.4 is 0 Å². The number of fused-ring (bicyclic) bond motifs is 5. The smallest absolute Gasteiger partial charge is 0.302 e. The van der Waals surface area contributed by atoms with Crippen molar-refractivity contribution in [3.63, 3.8) is 0 Å². The van der Waals surface area contributed by atoms with Crippen molar-refractivity contribution in [1.82, 2.24) is 0 Å². The zero-order valence-electron chi connectivity index (χ0n) is 17.3. The lowest BCUT2D eigenvalue weighted by Crippen LogP contribution is -2.57. The standard InChI is InChI=1S/C23H36O4/c1-13(24)18-7-8-19-17-6-5-15-11-16(26)9-10-22(15,3)21(17)20(27-14(2)25)12-23(18,19)4/h5,13,16-21,24,26H,6-12H2,1-4H3/t13?,16-,17-,18+,19-,20-,21+,22-,23+/m0/s1. The van der Waals surface area contributed by atoms with Crippen LogP contribution in [0.5, 0.6) is 0 Å². The topological polar surface area (TPSA) is 66.8 Å². The van der Waals surface area contributed by atoms with Crippen molar-refractivity contribution in [3.05, 3.63) is 11.6 Å². The second-order valence-corrected chi connectivity index (χ2v) is 10.4. The van der Waals surface area contributed by atoms with Gasteiger partial charge < -0.3 is 14.9 Å². The van der Waals surface area contributed by atoms with E-state index < -0.39 is 0 Å². The Hall–Kier alpha value is -0.870. The number of esters is 1. The summed E-state index contributed by atoms with van der Waals surface area (Å²) in [5, 5.41) is 20.6. The highest BCUT2D eigenvalue weighted by Crippen LogP contribution is 2.67. The number of allylic oxidation sites excluding steroid dienone is 1. The fourth-order valence-electron chi connectivity index (χ4n) is 7.89. The molecule has 4 heteroatoms. The van der Waals surface area contributed by atoms with Gasteiger partial charge in [0.2, 0.25) is 0 Å². The number of carbonyl (C=O) groups is 1. The third-order valence-electron chi connectivity index (χ3n) is 8.96. The molecule has 152 valence electrons. The van der Waals surface area contributed by atoms with Gasteiger partial charge in [-0.2, -0.15) is 0 Å². The summed E-state index contributed by atoms with van der Waals surface area (Å²) in [6.07, 6.45) is 8.47. The van der Waals surface area contributed by atoms with Crippen LogP contribution in [0.3, 0.4) is 0 Å². The van der Waals surface area contributed by atoms with E-state index in [-0.39, 0.29) is 41.0 Å². The first-order valence-electron chi connectivity index (χ1n) is 10.9. The fraction of sp³-hybridized carbons (Fsp3) is 0.870. The van der Waals surface area contributed by atoms with Crippen LogP contribution in [0.4, 0.5) is 0 Å². The molecule has 1 unspecified atom stereocenters. The number of hydrogen-bond acceptors (Lipinski definition) is 4. The first-order valence-corrected chi connectivity index (χ1v) is 10.9. The maximum absolute atomic E-state index is 12.0. The number of carbonyl (C=O) groups excluding carboxylic acids is 1. The number of ether oxygens (including phenoxy) is 1. The molecule has 0 saturated heterocycles. The summed E-state index contributed by atoms with van der Waals surface area (Å²) in [7, 11) is 0. The molecule has 4 aliphatic rings. The van der Waals surface area contributed by atoms with Gasteiger partial charge in [-0.25, -0.2) is 0 Å². The summed E-state index contributed by atoms with van der Waals surface area (Å²) in [6.45, 7) is 8.13. The average molecular weight is 377 g/mol. The third-order valence-corrected chi connectivity index (χ3v) is 8.96. The van der Waals surface area contributed by atoms with Gasteiger partial charge in [-0.15, -0.1) is 0 Å². The highest BCUT2D eigenvalue weighted by Gasteiger charge is 2.63. The molecule has 0 aliphatic heterocycles. The lowest BCUT2D eigenvalue weighted by molar-refractivity contribution is -0.176. The summed E-state index contributed by atoms with van der Waals surface area (Å²) >= 11 is 0. The minimum Gasteiger partial charge on any atom is -0.462 e. The molecule has 3 saturated carbocycles. The molecular weight excluding hydrogens is 340 g/mol. The van der Waals surface area contributed by atoms with E-state index in [9.17, 15) is 15.0 Å². The van der Waals surface area contributed by atoms with E-state index in [4.69, 9.17) is 4.74 Å². The highest BCUT2D eigenvalue weighted by molar-refractivity contribution is 5.66. The Balaban J connectivity index is 1.75. The van der Waals surface area contributed by atoms with Crippen LogP contribution in [0.15, 0.2) is 11.6 Å². The zero-order chi connectivity index (χ0) is 19.6. The molecule has 3 fully saturated rings. The van der Waals surface area contributed by atoms with Crippen LogP contribution in [0.2, 0.25) is 0 Å². The molecule has 0 aromatic rings. The summed E-state index contributed by atoms with van der Waals surface area (Å²) in [5.41, 5.74) is 1.44. The molecule has 2 N–H and O–H groups in total. The van der Waals surface area contributed by atoms with E-state index in [2.05, 4.69) is 19.9 Å². The number of aliphatic hydroxyl groups excluding tert-OH is 2. The molecule has 4 rings (SSSR count). The highest BCUT2D eigenvalue weighted by atomic mass is 16.5. The maximum Gasteiger partial charge on any atom is 0.302 e. The molecule has 0 aromatic carbocycles. The minimum absolute atomic E-state index is 0.0203. The quantitative estimate of drug-likeness (QED) is 0.567. The van der Waals surface area contributed by atoms with Crippen molar-refractivity contribution in [2.24, 2.45) is 34.5 Å². The number of rotatable bonds is 2. The van der Waals surface area contributed by atoms with Crippen LogP contribution in [-0.4, -0.2) is 34.5 Å². The summed E-state index contributed by atoms with van der Waals surface area (Å²) in [4.78, 5) is 12.0. The second-order valence-electron chi connectivity index (χ2n) is 10.4. The predicted octanol–water partition coefficient (Wildman–Crippen LogP) is 3.85. The van der Waals surface area contributed by atoms with Gasteiger partial charge in [-0.3, -0.25) is 4.79 Å². The van der Waals surface area contributed by atoms with Crippen molar-refractivity contribution in [3.8, 4) is 0 Å². The van der Waals surface area contributed by atoms with Gasteiger partial charge in [0.1, 0.15) is 6.10 Å². The molecule has 0 spiro atoms. The van der Waals surface area contributed by atoms with Crippen molar-refractivity contribution < 1.29 is 19.7 Å². The molecule has 0 heterocycles. The van der Waals surface area contributed by atoms with Crippen LogP contribution in [0, 0.1) is 34.5 Å². The predicted molar refractivity (Wildman–Crippen MR) is 104 cm³/mol. The van der Waals surface area contributed by atoms with Crippen molar-refractivity contribution in [1.29, 1.82) is 0 Å². The van der Waals surface area contributed by atoms with Crippen LogP contribution in [-0.2, 0) is 9.53 Å². The average Bonchev–Trinajstić information content (AvgIpc) is 2.91. The van der Waals surface area contributed by atoms with Crippen molar-refractivity contribution in [2.45, 2.75) is 91.0 Å². The number of hydrogen-bond donors (Lipinski definition) is 2. The monoisotopic (exact) mass is 376 g/mol. The van der Waals surface area contributed by atoms with E-state index in [0.717, 1.165) is 38.5 Å². The lowest BCUT2D eigenvalue weighted by Gasteiger charge is -2.60. The first-order chi connectivity index (χ1) is 12.7. The summed E-state index contributed by atoms with van der Waals surface area (Å²) in [6, 6.07) is 0. The maximum atomic E-state index is 12.0. The van der Waals surface area contributed by atoms with Gasteiger partial charge in [-0.1, -0.05) is 25.5 Å². The van der Waals surface area contributed by atoms with Gasteiger partial charge >= 0.3 is 5.97 Å². The van der Waals surface area contributed by atoms with Crippen LogP contribution in [0.1, 0.15) is 72.6 Å². The number of aliphatic hydroxyl groups is 2. The zero-order valence-corrected chi connectivity index (χ0v) is 17.3. The Morgan fingerprint density at radius 1 is 1.30 bits per heavy atom. The first kappa shape index (κ1) is 19.4. The van der Waals surface area contributed by atoms with E-state index in [1.165, 1.54) is 18.9 Å². The Bertz CT molecular complexity index is 640. The Kier molecular flexibility index (Phi) is 4.74. The Morgan fingerprint density at radius 3 is 2.70 bits per heavy atom. The largest absolute Gasteiger partial charge is 0.462 e. The van der Waals surface area contributed by atoms with E-state index in [1.54, 1.807) is 0 Å². The SMILES string of the molecule is CC(=O)O[C@H]1C[C@]2(C)[C@@H](C(C)O)CC[C@H]2[C@@H]2CC=C3C[C@@H](O)CC[C@]3(C)[C@H]21. The van der Waals surface area contributed by atoms with Crippen LogP contribution in [0.25, 0.3) is 0 Å². The molecule has 4 nitrogen and oxygen atoms in total. The minimum atomic E-state index is -0.315. The molecule has 27 heavy (non-hydrogen) atoms. The molecule has 0 radical (unpaired) electrons. The van der Waals surface area contributed by atoms with Gasteiger partial charge in [0.05, 0.1) is 12.2 Å². The summed E-state index contributed by atoms with van der Waals surface area (Å²) < 4.78 is 5.99. The van der Waals surface area contributed by atoms with Crippen molar-refractivity contribution >= 4 is 5.97 Å². The van der Waals surface area contributed by atoms with Gasteiger partial charge in [0.25, 0.3) is 0 Å². The van der Waals surface area contributed by atoms with E-state index in [1.807, 2.05) is 6.92 Å². The fourth-order valence-corrected chi connectivity index (χ4v) is 7.89. The molecule has 0 amide bonds. The molecular formula is C23H36O4. The third kappa shape index (κ3) is 2.90. The van der Waals surface area contributed by atoms with Gasteiger partial charge in [0.15, 0.2) is 0 Å². The Labute approximate surface area is 163 Å². The van der Waals surface area contributed by atoms with Crippen LogP contribution >= 0.6 is 0 Å². The summed E-state index contributed by atoms with van der Waals surface area (Å²) in [5.74, 6) is 1.51. The normalized spacial score (nSPS) is 50.1. The van der Waals surface area contributed by atoms with E-state index in [0.29, 0.717) is 17.8 Å². The molecule has 9 atom stereocenters. The van der Waals surface area contributed by atoms with Gasteiger partial charge in [-0.05, 0) is 80.5 Å². The molecule has 4 aliphatic carbocycles. The van der Waals surface area contributed by atoms with Gasteiger partial charge in [0, 0.05) is 12.8 Å². The van der Waals surface area contributed by atoms with Crippen molar-refractivity contribution in [2.75, 3.05) is 0 Å².